The second-order valence-corrected chi connectivity index (χ2v) is 5.53. The van der Waals surface area contributed by atoms with E-state index in [1.807, 2.05) is 32.0 Å². The second kappa shape index (κ2) is 5.70. The molecule has 2 aromatic rings. The predicted octanol–water partition coefficient (Wildman–Crippen LogP) is 4.84. The van der Waals surface area contributed by atoms with Gasteiger partial charge in [-0.25, -0.2) is 0 Å². The zero-order valence-electron chi connectivity index (χ0n) is 11.6. The van der Waals surface area contributed by atoms with E-state index in [2.05, 4.69) is 34.2 Å². The third kappa shape index (κ3) is 3.32. The fourth-order valence-corrected chi connectivity index (χ4v) is 2.64. The summed E-state index contributed by atoms with van der Waals surface area (Å²) in [5, 5.41) is 3.46. The third-order valence-electron chi connectivity index (χ3n) is 3.04. The van der Waals surface area contributed by atoms with Gasteiger partial charge in [0.25, 0.3) is 0 Å². The van der Waals surface area contributed by atoms with Gasteiger partial charge < -0.3 is 14.5 Å². The highest BCUT2D eigenvalue weighted by Crippen LogP contribution is 2.29. The summed E-state index contributed by atoms with van der Waals surface area (Å²) in [6.07, 6.45) is 0. The number of ether oxygens (including phenoxy) is 1. The van der Waals surface area contributed by atoms with Crippen molar-refractivity contribution in [1.82, 2.24) is 0 Å². The molecule has 1 N–H and O–H groups in total. The lowest BCUT2D eigenvalue weighted by Crippen LogP contribution is -2.07. The Morgan fingerprint density at radius 2 is 1.95 bits per heavy atom. The first-order chi connectivity index (χ1) is 8.99. The molecule has 0 fully saturated rings. The maximum atomic E-state index is 5.57. The monoisotopic (exact) mass is 323 g/mol. The number of methoxy groups -OCH3 is 1. The molecule has 4 heteroatoms. The van der Waals surface area contributed by atoms with Crippen LogP contribution in [0.5, 0.6) is 5.75 Å². The molecule has 1 aromatic carbocycles. The molecule has 0 aliphatic carbocycles. The van der Waals surface area contributed by atoms with Gasteiger partial charge >= 0.3 is 0 Å². The average molecular weight is 324 g/mol. The van der Waals surface area contributed by atoms with Crippen LogP contribution in [-0.4, -0.2) is 7.11 Å². The maximum absolute atomic E-state index is 5.57. The topological polar surface area (TPSA) is 34.4 Å². The smallest absolute Gasteiger partial charge is 0.122 e. The Labute approximate surface area is 122 Å². The number of rotatable bonds is 4. The molecule has 102 valence electrons. The first-order valence-corrected chi connectivity index (χ1v) is 6.97. The van der Waals surface area contributed by atoms with Crippen molar-refractivity contribution in [1.29, 1.82) is 0 Å². The molecular formula is C15H18BrNO2. The molecular weight excluding hydrogens is 306 g/mol. The zero-order valence-corrected chi connectivity index (χ0v) is 13.2. The Hall–Kier alpha value is -1.42. The van der Waals surface area contributed by atoms with Crippen LogP contribution < -0.4 is 10.1 Å². The molecule has 0 aliphatic rings. The number of anilines is 1. The van der Waals surface area contributed by atoms with E-state index in [-0.39, 0.29) is 6.04 Å². The summed E-state index contributed by atoms with van der Waals surface area (Å²) < 4.78 is 11.8. The molecule has 1 atom stereocenters. The van der Waals surface area contributed by atoms with Gasteiger partial charge in [-0.05, 0) is 39.0 Å². The lowest BCUT2D eigenvalue weighted by molar-refractivity contribution is 0.414. The number of halogens is 1. The van der Waals surface area contributed by atoms with Crippen molar-refractivity contribution in [2.45, 2.75) is 26.8 Å². The highest BCUT2D eigenvalue weighted by atomic mass is 79.9. The van der Waals surface area contributed by atoms with E-state index in [0.717, 1.165) is 27.4 Å². The van der Waals surface area contributed by atoms with Crippen LogP contribution in [0.4, 0.5) is 5.69 Å². The van der Waals surface area contributed by atoms with E-state index >= 15 is 0 Å². The molecule has 0 saturated heterocycles. The predicted molar refractivity (Wildman–Crippen MR) is 80.9 cm³/mol. The molecule has 1 aromatic heterocycles. The molecule has 0 saturated carbocycles. The Kier molecular flexibility index (Phi) is 4.20. The minimum atomic E-state index is 0.177. The number of hydrogen-bond acceptors (Lipinski definition) is 3. The molecule has 0 spiro atoms. The van der Waals surface area contributed by atoms with Crippen molar-refractivity contribution in [3.05, 3.63) is 45.8 Å². The minimum Gasteiger partial charge on any atom is -0.497 e. The first kappa shape index (κ1) is 14.0. The van der Waals surface area contributed by atoms with Crippen molar-refractivity contribution in [3.63, 3.8) is 0 Å². The summed E-state index contributed by atoms with van der Waals surface area (Å²) in [4.78, 5) is 0. The Balaban J connectivity index is 2.21. The van der Waals surface area contributed by atoms with Crippen LogP contribution in [0.2, 0.25) is 0 Å². The van der Waals surface area contributed by atoms with E-state index in [9.17, 15) is 0 Å². The van der Waals surface area contributed by atoms with Gasteiger partial charge in [0, 0.05) is 21.8 Å². The number of furan rings is 1. The van der Waals surface area contributed by atoms with Crippen LogP contribution in [0.25, 0.3) is 0 Å². The Bertz CT molecular complexity index is 578. The SMILES string of the molecule is COc1cc(Br)cc(NC(C)c2cc(C)oc2C)c1. The minimum absolute atomic E-state index is 0.177. The summed E-state index contributed by atoms with van der Waals surface area (Å²) in [6.45, 7) is 6.07. The lowest BCUT2D eigenvalue weighted by atomic mass is 10.1. The van der Waals surface area contributed by atoms with Crippen molar-refractivity contribution in [2.24, 2.45) is 0 Å². The van der Waals surface area contributed by atoms with Crippen LogP contribution >= 0.6 is 15.9 Å². The fraction of sp³-hybridized carbons (Fsp3) is 0.333. The molecule has 0 bridgehead atoms. The normalized spacial score (nSPS) is 12.3. The van der Waals surface area contributed by atoms with Gasteiger partial charge in [0.1, 0.15) is 17.3 Å². The number of hydrogen-bond donors (Lipinski definition) is 1. The molecule has 3 nitrogen and oxygen atoms in total. The van der Waals surface area contributed by atoms with Gasteiger partial charge in [0.05, 0.1) is 13.2 Å². The van der Waals surface area contributed by atoms with E-state index in [1.165, 1.54) is 5.56 Å². The van der Waals surface area contributed by atoms with Gasteiger partial charge in [-0.15, -0.1) is 0 Å². The highest BCUT2D eigenvalue weighted by molar-refractivity contribution is 9.10. The van der Waals surface area contributed by atoms with Crippen molar-refractivity contribution in [3.8, 4) is 5.75 Å². The molecule has 19 heavy (non-hydrogen) atoms. The molecule has 0 radical (unpaired) electrons. The standard InChI is InChI=1S/C15H18BrNO2/c1-9-5-15(11(3)19-9)10(2)17-13-6-12(16)7-14(8-13)18-4/h5-8,10,17H,1-4H3. The van der Waals surface area contributed by atoms with E-state index < -0.39 is 0 Å². The lowest BCUT2D eigenvalue weighted by Gasteiger charge is -2.15. The summed E-state index contributed by atoms with van der Waals surface area (Å²) in [7, 11) is 1.67. The van der Waals surface area contributed by atoms with E-state index in [1.54, 1.807) is 7.11 Å². The summed E-state index contributed by atoms with van der Waals surface area (Å²) in [6, 6.07) is 8.19. The zero-order chi connectivity index (χ0) is 14.0. The average Bonchev–Trinajstić information content (AvgIpc) is 2.67. The van der Waals surface area contributed by atoms with E-state index in [4.69, 9.17) is 9.15 Å². The quantitative estimate of drug-likeness (QED) is 0.874. The van der Waals surface area contributed by atoms with Crippen molar-refractivity contribution in [2.75, 3.05) is 12.4 Å². The number of nitrogens with one attached hydrogen (secondary N) is 1. The largest absolute Gasteiger partial charge is 0.497 e. The summed E-state index contributed by atoms with van der Waals surface area (Å²) >= 11 is 3.48. The second-order valence-electron chi connectivity index (χ2n) is 4.61. The van der Waals surface area contributed by atoms with Crippen molar-refractivity contribution >= 4 is 21.6 Å². The van der Waals surface area contributed by atoms with Crippen molar-refractivity contribution < 1.29 is 9.15 Å². The molecule has 1 heterocycles. The molecule has 0 aliphatic heterocycles. The summed E-state index contributed by atoms with van der Waals surface area (Å²) in [5.74, 6) is 2.72. The third-order valence-corrected chi connectivity index (χ3v) is 3.49. The van der Waals surface area contributed by atoms with Crippen LogP contribution in [0.1, 0.15) is 30.0 Å². The fourth-order valence-electron chi connectivity index (χ4n) is 2.17. The maximum Gasteiger partial charge on any atom is 0.122 e. The van der Waals surface area contributed by atoms with Crippen LogP contribution in [0, 0.1) is 13.8 Å². The van der Waals surface area contributed by atoms with Crippen LogP contribution in [-0.2, 0) is 0 Å². The molecule has 1 unspecified atom stereocenters. The van der Waals surface area contributed by atoms with Crippen LogP contribution in [0.15, 0.2) is 33.2 Å². The Morgan fingerprint density at radius 3 is 2.53 bits per heavy atom. The van der Waals surface area contributed by atoms with Crippen LogP contribution in [0.3, 0.4) is 0 Å². The molecule has 0 amide bonds. The van der Waals surface area contributed by atoms with Gasteiger partial charge in [-0.3, -0.25) is 0 Å². The summed E-state index contributed by atoms with van der Waals surface area (Å²) in [5.41, 5.74) is 2.19. The number of aryl methyl sites for hydroxylation is 2. The van der Waals surface area contributed by atoms with Gasteiger partial charge in [0.2, 0.25) is 0 Å². The van der Waals surface area contributed by atoms with E-state index in [0.29, 0.717) is 0 Å². The molecule has 2 rings (SSSR count). The van der Waals surface area contributed by atoms with Gasteiger partial charge in [0.15, 0.2) is 0 Å². The number of benzene rings is 1. The Morgan fingerprint density at radius 1 is 1.21 bits per heavy atom. The van der Waals surface area contributed by atoms with Gasteiger partial charge in [-0.1, -0.05) is 15.9 Å². The first-order valence-electron chi connectivity index (χ1n) is 6.17. The van der Waals surface area contributed by atoms with Gasteiger partial charge in [-0.2, -0.15) is 0 Å². The highest BCUT2D eigenvalue weighted by Gasteiger charge is 2.13.